The third kappa shape index (κ3) is 1.19. The Hall–Kier alpha value is -1.16. The number of benzene rings is 1. The molecule has 16 heavy (non-hydrogen) atoms. The van der Waals surface area contributed by atoms with Gasteiger partial charge in [0.15, 0.2) is 0 Å². The summed E-state index contributed by atoms with van der Waals surface area (Å²) in [7, 11) is 0. The van der Waals surface area contributed by atoms with Crippen molar-refractivity contribution in [3.8, 4) is 0 Å². The molecule has 0 aromatic heterocycles. The molecule has 1 saturated heterocycles. The van der Waals surface area contributed by atoms with Gasteiger partial charge < -0.3 is 0 Å². The van der Waals surface area contributed by atoms with E-state index in [0.29, 0.717) is 6.42 Å². The van der Waals surface area contributed by atoms with Crippen molar-refractivity contribution in [2.24, 2.45) is 0 Å². The van der Waals surface area contributed by atoms with Crippen LogP contribution in [0.25, 0.3) is 0 Å². The van der Waals surface area contributed by atoms with E-state index in [1.165, 1.54) is 5.56 Å². The van der Waals surface area contributed by atoms with Crippen LogP contribution in [0.2, 0.25) is 0 Å². The zero-order valence-corrected chi connectivity index (χ0v) is 10.1. The molecule has 1 atom stereocenters. The van der Waals surface area contributed by atoms with E-state index >= 15 is 0 Å². The average molecular weight is 280 g/mol. The fraction of sp³-hybridized carbons (Fsp3) is 0.333. The maximum atomic E-state index is 11.9. The molecule has 0 bridgehead atoms. The summed E-state index contributed by atoms with van der Waals surface area (Å²) in [5.41, 5.74) is 1.63. The van der Waals surface area contributed by atoms with E-state index in [1.54, 1.807) is 0 Å². The molecule has 2 aliphatic rings. The lowest BCUT2D eigenvalue weighted by Gasteiger charge is -2.19. The summed E-state index contributed by atoms with van der Waals surface area (Å²) >= 11 is 3.42. The second kappa shape index (κ2) is 3.17. The van der Waals surface area contributed by atoms with Crippen LogP contribution in [0.4, 0.5) is 0 Å². The van der Waals surface area contributed by atoms with Crippen LogP contribution in [0.5, 0.6) is 0 Å². The fourth-order valence-electron chi connectivity index (χ4n) is 2.78. The molecule has 1 unspecified atom stereocenters. The Balaban J connectivity index is 2.15. The van der Waals surface area contributed by atoms with Gasteiger partial charge in [0.25, 0.3) is 0 Å². The van der Waals surface area contributed by atoms with Crippen molar-refractivity contribution in [1.29, 1.82) is 0 Å². The number of hydrogen-bond acceptors (Lipinski definition) is 2. The highest BCUT2D eigenvalue weighted by atomic mass is 79.9. The Morgan fingerprint density at radius 3 is 2.81 bits per heavy atom. The molecule has 0 radical (unpaired) electrons. The van der Waals surface area contributed by atoms with Crippen LogP contribution >= 0.6 is 15.9 Å². The Morgan fingerprint density at radius 2 is 2.12 bits per heavy atom. The molecule has 1 fully saturated rings. The topological polar surface area (TPSA) is 46.2 Å². The number of nitrogens with one attached hydrogen (secondary N) is 1. The number of carbonyl (C=O) groups excluding carboxylic acids is 2. The highest BCUT2D eigenvalue weighted by Gasteiger charge is 2.51. The zero-order valence-electron chi connectivity index (χ0n) is 8.55. The zero-order chi connectivity index (χ0) is 11.3. The Kier molecular flexibility index (Phi) is 1.98. The maximum absolute atomic E-state index is 11.9. The molecule has 82 valence electrons. The van der Waals surface area contributed by atoms with Crippen LogP contribution in [0, 0.1) is 0 Å². The Bertz CT molecular complexity index is 512. The lowest BCUT2D eigenvalue weighted by molar-refractivity contribution is -0.126. The summed E-state index contributed by atoms with van der Waals surface area (Å²) in [5, 5.41) is 2.42. The molecular formula is C12H10BrNO2. The third-order valence-corrected chi connectivity index (χ3v) is 4.05. The Labute approximate surface area is 101 Å². The molecule has 2 amide bonds. The summed E-state index contributed by atoms with van der Waals surface area (Å²) in [6.45, 7) is 0. The summed E-state index contributed by atoms with van der Waals surface area (Å²) in [6.07, 6.45) is 1.92. The molecule has 0 saturated carbocycles. The van der Waals surface area contributed by atoms with Gasteiger partial charge in [0.2, 0.25) is 11.8 Å². The molecule has 1 aliphatic heterocycles. The molecule has 1 heterocycles. The van der Waals surface area contributed by atoms with Gasteiger partial charge in [-0.2, -0.15) is 0 Å². The normalized spacial score (nSPS) is 27.3. The molecule has 1 aromatic rings. The van der Waals surface area contributed by atoms with Gasteiger partial charge in [-0.15, -0.1) is 0 Å². The first kappa shape index (κ1) is 10.0. The first-order valence-electron chi connectivity index (χ1n) is 5.25. The van der Waals surface area contributed by atoms with Crippen LogP contribution in [0.3, 0.4) is 0 Å². The van der Waals surface area contributed by atoms with Gasteiger partial charge in [0.1, 0.15) is 0 Å². The summed E-state index contributed by atoms with van der Waals surface area (Å²) in [6, 6.07) is 5.94. The van der Waals surface area contributed by atoms with Crippen molar-refractivity contribution in [3.05, 3.63) is 33.8 Å². The van der Waals surface area contributed by atoms with Gasteiger partial charge in [-0.05, 0) is 36.1 Å². The van der Waals surface area contributed by atoms with Gasteiger partial charge in [-0.1, -0.05) is 22.0 Å². The molecular weight excluding hydrogens is 270 g/mol. The van der Waals surface area contributed by atoms with Crippen LogP contribution < -0.4 is 5.32 Å². The highest BCUT2D eigenvalue weighted by molar-refractivity contribution is 9.10. The molecule has 3 nitrogen and oxygen atoms in total. The number of carbonyl (C=O) groups is 2. The second-order valence-corrected chi connectivity index (χ2v) is 5.35. The van der Waals surface area contributed by atoms with E-state index < -0.39 is 5.41 Å². The van der Waals surface area contributed by atoms with Crippen LogP contribution in [-0.2, 0) is 21.4 Å². The van der Waals surface area contributed by atoms with E-state index in [4.69, 9.17) is 0 Å². The van der Waals surface area contributed by atoms with Crippen molar-refractivity contribution in [1.82, 2.24) is 5.32 Å². The van der Waals surface area contributed by atoms with Crippen molar-refractivity contribution >= 4 is 27.7 Å². The van der Waals surface area contributed by atoms with E-state index in [-0.39, 0.29) is 11.8 Å². The number of imide groups is 1. The molecule has 1 N–H and O–H groups in total. The minimum atomic E-state index is -0.576. The van der Waals surface area contributed by atoms with Crippen LogP contribution in [-0.4, -0.2) is 11.8 Å². The first-order valence-corrected chi connectivity index (χ1v) is 6.04. The smallest absolute Gasteiger partial charge is 0.237 e. The predicted molar refractivity (Wildman–Crippen MR) is 61.9 cm³/mol. The number of rotatable bonds is 0. The lowest BCUT2D eigenvalue weighted by Crippen LogP contribution is -2.33. The van der Waals surface area contributed by atoms with E-state index in [2.05, 4.69) is 21.2 Å². The minimum Gasteiger partial charge on any atom is -0.296 e. The molecule has 1 spiro atoms. The number of amides is 2. The second-order valence-electron chi connectivity index (χ2n) is 4.44. The average Bonchev–Trinajstić information content (AvgIpc) is 2.70. The number of halogens is 1. The standard InChI is InChI=1S/C12H10BrNO2/c13-8-1-2-9-7(5-8)3-4-12(9)6-10(15)14-11(12)16/h1-2,5H,3-4,6H2,(H,14,15,16). The summed E-state index contributed by atoms with van der Waals surface area (Å²) < 4.78 is 1.02. The summed E-state index contributed by atoms with van der Waals surface area (Å²) in [4.78, 5) is 23.3. The van der Waals surface area contributed by atoms with Crippen molar-refractivity contribution in [3.63, 3.8) is 0 Å². The SMILES string of the molecule is O=C1CC2(CCc3cc(Br)ccc32)C(=O)N1. The molecule has 3 rings (SSSR count). The van der Waals surface area contributed by atoms with Crippen molar-refractivity contribution in [2.75, 3.05) is 0 Å². The summed E-state index contributed by atoms with van der Waals surface area (Å²) in [5.74, 6) is -0.278. The highest BCUT2D eigenvalue weighted by Crippen LogP contribution is 2.44. The lowest BCUT2D eigenvalue weighted by atomic mass is 9.80. The van der Waals surface area contributed by atoms with Gasteiger partial charge in [-0.3, -0.25) is 14.9 Å². The molecule has 4 heteroatoms. The maximum Gasteiger partial charge on any atom is 0.237 e. The van der Waals surface area contributed by atoms with Crippen LogP contribution in [0.15, 0.2) is 22.7 Å². The van der Waals surface area contributed by atoms with Crippen molar-refractivity contribution < 1.29 is 9.59 Å². The van der Waals surface area contributed by atoms with Crippen LogP contribution in [0.1, 0.15) is 24.0 Å². The number of aryl methyl sites for hydroxylation is 1. The minimum absolute atomic E-state index is 0.126. The van der Waals surface area contributed by atoms with Crippen molar-refractivity contribution in [2.45, 2.75) is 24.7 Å². The van der Waals surface area contributed by atoms with Gasteiger partial charge in [0.05, 0.1) is 5.41 Å². The van der Waals surface area contributed by atoms with Gasteiger partial charge in [0, 0.05) is 10.9 Å². The van der Waals surface area contributed by atoms with E-state index in [1.807, 2.05) is 18.2 Å². The quantitative estimate of drug-likeness (QED) is 0.735. The fourth-order valence-corrected chi connectivity index (χ4v) is 3.19. The van der Waals surface area contributed by atoms with Gasteiger partial charge >= 0.3 is 0 Å². The third-order valence-electron chi connectivity index (χ3n) is 3.55. The first-order chi connectivity index (χ1) is 7.62. The molecule has 1 aromatic carbocycles. The monoisotopic (exact) mass is 279 g/mol. The number of fused-ring (bicyclic) bond motifs is 2. The number of hydrogen-bond donors (Lipinski definition) is 1. The molecule has 1 aliphatic carbocycles. The predicted octanol–water partition coefficient (Wildman–Crippen LogP) is 1.68. The van der Waals surface area contributed by atoms with E-state index in [9.17, 15) is 9.59 Å². The van der Waals surface area contributed by atoms with E-state index in [0.717, 1.165) is 22.9 Å². The Morgan fingerprint density at radius 1 is 1.31 bits per heavy atom. The largest absolute Gasteiger partial charge is 0.296 e. The van der Waals surface area contributed by atoms with Gasteiger partial charge in [-0.25, -0.2) is 0 Å².